The van der Waals surface area contributed by atoms with Gasteiger partial charge in [-0.3, -0.25) is 4.79 Å². The second kappa shape index (κ2) is 8.16. The summed E-state index contributed by atoms with van der Waals surface area (Å²) in [6, 6.07) is 11.6. The molecule has 0 aromatic heterocycles. The van der Waals surface area contributed by atoms with Gasteiger partial charge in [-0.05, 0) is 51.3 Å². The Morgan fingerprint density at radius 2 is 1.78 bits per heavy atom. The minimum absolute atomic E-state index is 0. The molecule has 2 heterocycles. The Morgan fingerprint density at radius 3 is 2.35 bits per heavy atom. The molecule has 2 bridgehead atoms. The molecule has 128 valence electrons. The van der Waals surface area contributed by atoms with E-state index in [2.05, 4.69) is 23.8 Å². The molecule has 3 rings (SSSR count). The number of piperidine rings is 1. The van der Waals surface area contributed by atoms with E-state index in [-0.39, 0.29) is 18.3 Å². The van der Waals surface area contributed by atoms with Gasteiger partial charge >= 0.3 is 0 Å². The number of rotatable bonds is 5. The monoisotopic (exact) mass is 336 g/mol. The number of unbranched alkanes of at least 4 members (excludes halogenated alkanes) is 1. The quantitative estimate of drug-likeness (QED) is 0.812. The molecule has 2 fully saturated rings. The Balaban J connectivity index is 0.00000192. The second-order valence-electron chi connectivity index (χ2n) is 6.89. The van der Waals surface area contributed by atoms with E-state index in [1.165, 1.54) is 12.8 Å². The number of fused-ring (bicyclic) bond motifs is 2. The van der Waals surface area contributed by atoms with Gasteiger partial charge in [-0.25, -0.2) is 0 Å². The molecule has 3 nitrogen and oxygen atoms in total. The van der Waals surface area contributed by atoms with Crippen LogP contribution in [0.2, 0.25) is 0 Å². The number of hydrogen-bond donors (Lipinski definition) is 0. The zero-order valence-electron chi connectivity index (χ0n) is 14.3. The zero-order valence-corrected chi connectivity index (χ0v) is 15.1. The molecular weight excluding hydrogens is 308 g/mol. The number of amides is 1. The Bertz CT molecular complexity index is 493. The Kier molecular flexibility index (Phi) is 6.49. The molecule has 0 spiro atoms. The Labute approximate surface area is 146 Å². The van der Waals surface area contributed by atoms with Gasteiger partial charge in [0.25, 0.3) is 5.91 Å². The van der Waals surface area contributed by atoms with Crippen LogP contribution >= 0.6 is 12.4 Å². The van der Waals surface area contributed by atoms with Crippen LogP contribution in [0.5, 0.6) is 0 Å². The number of carbonyl (C=O) groups excluding carboxylic acids is 1. The average molecular weight is 337 g/mol. The van der Waals surface area contributed by atoms with Crippen molar-refractivity contribution in [2.45, 2.75) is 63.6 Å². The summed E-state index contributed by atoms with van der Waals surface area (Å²) in [7, 11) is 2.26. The topological polar surface area (TPSA) is 23.6 Å². The van der Waals surface area contributed by atoms with Crippen molar-refractivity contribution in [1.29, 1.82) is 0 Å². The van der Waals surface area contributed by atoms with Crippen LogP contribution in [0, 0.1) is 0 Å². The fraction of sp³-hybridized carbons (Fsp3) is 0.632. The molecule has 1 unspecified atom stereocenters. The van der Waals surface area contributed by atoms with E-state index in [0.29, 0.717) is 18.1 Å². The lowest BCUT2D eigenvalue weighted by atomic mass is 9.95. The molecule has 1 amide bonds. The minimum atomic E-state index is 0. The van der Waals surface area contributed by atoms with Crippen LogP contribution in [-0.4, -0.2) is 47.4 Å². The van der Waals surface area contributed by atoms with Crippen LogP contribution < -0.4 is 0 Å². The number of carbonyl (C=O) groups is 1. The summed E-state index contributed by atoms with van der Waals surface area (Å²) in [6.45, 7) is 3.10. The maximum absolute atomic E-state index is 13.0. The zero-order chi connectivity index (χ0) is 15.5. The van der Waals surface area contributed by atoms with Crippen molar-refractivity contribution in [2.75, 3.05) is 13.6 Å². The highest BCUT2D eigenvalue weighted by molar-refractivity contribution is 5.94. The first-order valence-electron chi connectivity index (χ1n) is 8.78. The maximum atomic E-state index is 13.0. The first kappa shape index (κ1) is 18.3. The molecule has 0 aliphatic carbocycles. The van der Waals surface area contributed by atoms with E-state index >= 15 is 0 Å². The molecule has 3 atom stereocenters. The molecule has 0 N–H and O–H groups in total. The first-order valence-corrected chi connectivity index (χ1v) is 8.78. The van der Waals surface area contributed by atoms with Crippen molar-refractivity contribution in [1.82, 2.24) is 9.80 Å². The molecule has 2 aliphatic rings. The highest BCUT2D eigenvalue weighted by Gasteiger charge is 2.41. The largest absolute Gasteiger partial charge is 0.336 e. The standard InChI is InChI=1S/C19H28N2O.ClH/c1-3-4-12-21(19(22)15-8-6-5-7-9-15)18-13-16-10-11-17(14-18)20(16)2;/h5-9,16-18H,3-4,10-14H2,1-2H3;1H/t16-,17+,18?;. The van der Waals surface area contributed by atoms with Crippen LogP contribution in [0.1, 0.15) is 55.8 Å². The molecule has 4 heteroatoms. The van der Waals surface area contributed by atoms with Crippen molar-refractivity contribution in [2.24, 2.45) is 0 Å². The fourth-order valence-electron chi connectivity index (χ4n) is 4.16. The molecule has 0 saturated carbocycles. The van der Waals surface area contributed by atoms with E-state index < -0.39 is 0 Å². The van der Waals surface area contributed by atoms with Gasteiger partial charge in [0.1, 0.15) is 0 Å². The van der Waals surface area contributed by atoms with Crippen molar-refractivity contribution >= 4 is 18.3 Å². The third kappa shape index (κ3) is 3.89. The fourth-order valence-corrected chi connectivity index (χ4v) is 4.16. The summed E-state index contributed by atoms with van der Waals surface area (Å²) in [5.74, 6) is 0.225. The molecule has 1 aromatic rings. The Hall–Kier alpha value is -1.06. The summed E-state index contributed by atoms with van der Waals surface area (Å²) in [4.78, 5) is 17.7. The lowest BCUT2D eigenvalue weighted by Crippen LogP contribution is -2.51. The number of hydrogen-bond acceptors (Lipinski definition) is 2. The summed E-state index contributed by atoms with van der Waals surface area (Å²) < 4.78 is 0. The van der Waals surface area contributed by atoms with Crippen LogP contribution in [0.15, 0.2) is 30.3 Å². The smallest absolute Gasteiger partial charge is 0.254 e. The maximum Gasteiger partial charge on any atom is 0.254 e. The molecule has 2 aliphatic heterocycles. The van der Waals surface area contributed by atoms with E-state index in [1.807, 2.05) is 30.3 Å². The van der Waals surface area contributed by atoms with Crippen molar-refractivity contribution in [3.63, 3.8) is 0 Å². The van der Waals surface area contributed by atoms with Gasteiger partial charge in [0.2, 0.25) is 0 Å². The first-order chi connectivity index (χ1) is 10.7. The number of benzene rings is 1. The van der Waals surface area contributed by atoms with E-state index in [1.54, 1.807) is 0 Å². The SMILES string of the molecule is CCCCN(C(=O)c1ccccc1)C1C[C@H]2CC[C@@H](C1)N2C.Cl. The Morgan fingerprint density at radius 1 is 1.17 bits per heavy atom. The lowest BCUT2D eigenvalue weighted by molar-refractivity contribution is 0.0480. The number of nitrogens with zero attached hydrogens (tertiary/aromatic N) is 2. The predicted octanol–water partition coefficient (Wildman–Crippen LogP) is 3.98. The minimum Gasteiger partial charge on any atom is -0.336 e. The van der Waals surface area contributed by atoms with Crippen LogP contribution in [0.4, 0.5) is 0 Å². The molecule has 0 radical (unpaired) electrons. The average Bonchev–Trinajstić information content (AvgIpc) is 2.77. The predicted molar refractivity (Wildman–Crippen MR) is 97.2 cm³/mol. The van der Waals surface area contributed by atoms with Gasteiger partial charge in [0, 0.05) is 30.2 Å². The third-order valence-corrected chi connectivity index (χ3v) is 5.55. The second-order valence-corrected chi connectivity index (χ2v) is 6.89. The lowest BCUT2D eigenvalue weighted by Gasteiger charge is -2.42. The van der Waals surface area contributed by atoms with E-state index in [0.717, 1.165) is 37.8 Å². The van der Waals surface area contributed by atoms with Gasteiger partial charge in [0.05, 0.1) is 0 Å². The number of halogens is 1. The van der Waals surface area contributed by atoms with Crippen molar-refractivity contribution in [3.8, 4) is 0 Å². The van der Waals surface area contributed by atoms with Gasteiger partial charge in [0.15, 0.2) is 0 Å². The molecule has 2 saturated heterocycles. The van der Waals surface area contributed by atoms with Crippen molar-refractivity contribution < 1.29 is 4.79 Å². The normalized spacial score (nSPS) is 26.6. The highest BCUT2D eigenvalue weighted by atomic mass is 35.5. The van der Waals surface area contributed by atoms with E-state index in [9.17, 15) is 4.79 Å². The van der Waals surface area contributed by atoms with Gasteiger partial charge in [-0.1, -0.05) is 31.5 Å². The van der Waals surface area contributed by atoms with Gasteiger partial charge < -0.3 is 9.80 Å². The van der Waals surface area contributed by atoms with E-state index in [4.69, 9.17) is 0 Å². The summed E-state index contributed by atoms with van der Waals surface area (Å²) in [6.07, 6.45) is 7.14. The molecule has 1 aromatic carbocycles. The van der Waals surface area contributed by atoms with Gasteiger partial charge in [-0.2, -0.15) is 0 Å². The van der Waals surface area contributed by atoms with Crippen LogP contribution in [-0.2, 0) is 0 Å². The highest BCUT2D eigenvalue weighted by Crippen LogP contribution is 2.36. The third-order valence-electron chi connectivity index (χ3n) is 5.55. The van der Waals surface area contributed by atoms with Gasteiger partial charge in [-0.15, -0.1) is 12.4 Å². The van der Waals surface area contributed by atoms with Crippen LogP contribution in [0.25, 0.3) is 0 Å². The summed E-state index contributed by atoms with van der Waals surface area (Å²) >= 11 is 0. The summed E-state index contributed by atoms with van der Waals surface area (Å²) in [5.41, 5.74) is 0.838. The molecular formula is C19H29ClN2O. The van der Waals surface area contributed by atoms with Crippen molar-refractivity contribution in [3.05, 3.63) is 35.9 Å². The summed E-state index contributed by atoms with van der Waals surface area (Å²) in [5, 5.41) is 0. The van der Waals surface area contributed by atoms with Crippen LogP contribution in [0.3, 0.4) is 0 Å². The molecule has 23 heavy (non-hydrogen) atoms.